The third-order valence-corrected chi connectivity index (χ3v) is 5.13. The summed E-state index contributed by atoms with van der Waals surface area (Å²) >= 11 is 0. The number of benzene rings is 2. The summed E-state index contributed by atoms with van der Waals surface area (Å²) in [6.07, 6.45) is 1.86. The maximum absolute atomic E-state index is 11.5. The van der Waals surface area contributed by atoms with Gasteiger partial charge < -0.3 is 10.6 Å². The molecule has 0 aromatic heterocycles. The average Bonchev–Trinajstić information content (AvgIpc) is 2.66. The predicted molar refractivity (Wildman–Crippen MR) is 125 cm³/mol. The van der Waals surface area contributed by atoms with Gasteiger partial charge in [-0.05, 0) is 31.0 Å². The van der Waals surface area contributed by atoms with Gasteiger partial charge in [0.15, 0.2) is 15.8 Å². The Bertz CT molecular complexity index is 947. The molecule has 0 amide bonds. The number of halogens is 1. The first-order valence-electron chi connectivity index (χ1n) is 8.84. The normalized spacial score (nSPS) is 11.4. The zero-order valence-corrected chi connectivity index (χ0v) is 19.4. The summed E-state index contributed by atoms with van der Waals surface area (Å²) in [6, 6.07) is 13.3. The first-order chi connectivity index (χ1) is 13.3. The van der Waals surface area contributed by atoms with E-state index in [0.717, 1.165) is 5.56 Å². The number of guanidine groups is 1. The van der Waals surface area contributed by atoms with E-state index in [4.69, 9.17) is 0 Å². The first kappa shape index (κ1) is 24.8. The fraction of sp³-hybridized carbons (Fsp3) is 0.316. The van der Waals surface area contributed by atoms with Gasteiger partial charge in [0.25, 0.3) is 5.69 Å². The van der Waals surface area contributed by atoms with Gasteiger partial charge in [0.05, 0.1) is 21.9 Å². The molecule has 0 saturated carbocycles. The number of nitrogens with zero attached hydrogens (tertiary/aromatic N) is 2. The highest BCUT2D eigenvalue weighted by Crippen LogP contribution is 2.18. The molecule has 2 aromatic rings. The van der Waals surface area contributed by atoms with Crippen LogP contribution < -0.4 is 10.6 Å². The zero-order chi connectivity index (χ0) is 20.6. The molecule has 2 rings (SSSR count). The van der Waals surface area contributed by atoms with Crippen LogP contribution in [0.4, 0.5) is 5.69 Å². The molecule has 0 fully saturated rings. The van der Waals surface area contributed by atoms with Crippen molar-refractivity contribution in [2.75, 3.05) is 19.3 Å². The van der Waals surface area contributed by atoms with Crippen LogP contribution in [-0.2, 0) is 22.8 Å². The summed E-state index contributed by atoms with van der Waals surface area (Å²) in [5.74, 6) is 0.563. The molecule has 0 radical (unpaired) electrons. The second kappa shape index (κ2) is 11.7. The van der Waals surface area contributed by atoms with E-state index in [9.17, 15) is 18.5 Å². The van der Waals surface area contributed by atoms with Crippen LogP contribution >= 0.6 is 24.0 Å². The first-order valence-corrected chi connectivity index (χ1v) is 10.7. The van der Waals surface area contributed by atoms with Crippen molar-refractivity contribution in [3.63, 3.8) is 0 Å². The minimum atomic E-state index is -3.20. The summed E-state index contributed by atoms with van der Waals surface area (Å²) in [5, 5.41) is 17.4. The SMILES string of the molecule is CCNC(=NCc1ccccc1[N+](=O)[O-])NCCc1ccc(S(C)(=O)=O)cc1.I. The number of sulfone groups is 1. The lowest BCUT2D eigenvalue weighted by Gasteiger charge is -2.11. The van der Waals surface area contributed by atoms with Gasteiger partial charge in [-0.1, -0.05) is 30.3 Å². The van der Waals surface area contributed by atoms with Crippen LogP contribution in [0.5, 0.6) is 0 Å². The number of rotatable bonds is 8. The van der Waals surface area contributed by atoms with E-state index in [1.807, 2.05) is 6.92 Å². The second-order valence-electron chi connectivity index (χ2n) is 6.17. The van der Waals surface area contributed by atoms with Crippen molar-refractivity contribution in [2.24, 2.45) is 4.99 Å². The van der Waals surface area contributed by atoms with E-state index < -0.39 is 14.8 Å². The molecule has 0 aliphatic carbocycles. The highest BCUT2D eigenvalue weighted by Gasteiger charge is 2.11. The van der Waals surface area contributed by atoms with E-state index in [-0.39, 0.29) is 36.2 Å². The fourth-order valence-corrected chi connectivity index (χ4v) is 3.19. The van der Waals surface area contributed by atoms with Crippen molar-refractivity contribution in [1.82, 2.24) is 10.6 Å². The molecule has 158 valence electrons. The summed E-state index contributed by atoms with van der Waals surface area (Å²) in [4.78, 5) is 15.4. The molecular formula is C19H25IN4O4S. The van der Waals surface area contributed by atoms with E-state index in [1.54, 1.807) is 42.5 Å². The number of hydrogen-bond acceptors (Lipinski definition) is 5. The van der Waals surface area contributed by atoms with Crippen molar-refractivity contribution in [3.05, 3.63) is 69.8 Å². The molecular weight excluding hydrogens is 507 g/mol. The molecule has 0 unspecified atom stereocenters. The third-order valence-electron chi connectivity index (χ3n) is 4.00. The molecule has 29 heavy (non-hydrogen) atoms. The van der Waals surface area contributed by atoms with Crippen LogP contribution in [0.2, 0.25) is 0 Å². The number of nitrogens with one attached hydrogen (secondary N) is 2. The minimum Gasteiger partial charge on any atom is -0.357 e. The van der Waals surface area contributed by atoms with E-state index in [2.05, 4.69) is 15.6 Å². The van der Waals surface area contributed by atoms with Crippen LogP contribution in [0.1, 0.15) is 18.1 Å². The van der Waals surface area contributed by atoms with Crippen molar-refractivity contribution >= 4 is 45.5 Å². The van der Waals surface area contributed by atoms with Gasteiger partial charge in [0, 0.05) is 25.4 Å². The topological polar surface area (TPSA) is 114 Å². The molecule has 8 nitrogen and oxygen atoms in total. The van der Waals surface area contributed by atoms with E-state index in [0.29, 0.717) is 35.9 Å². The number of nitro groups is 1. The number of para-hydroxylation sites is 1. The van der Waals surface area contributed by atoms with Gasteiger partial charge >= 0.3 is 0 Å². The molecule has 10 heteroatoms. The van der Waals surface area contributed by atoms with Crippen LogP contribution in [0.15, 0.2) is 58.4 Å². The Kier molecular flexibility index (Phi) is 10.0. The fourth-order valence-electron chi connectivity index (χ4n) is 2.56. The van der Waals surface area contributed by atoms with Gasteiger partial charge in [-0.2, -0.15) is 0 Å². The highest BCUT2D eigenvalue weighted by molar-refractivity contribution is 14.0. The predicted octanol–water partition coefficient (Wildman–Crippen LogP) is 2.91. The molecule has 0 spiro atoms. The third kappa shape index (κ3) is 7.97. The lowest BCUT2D eigenvalue weighted by Crippen LogP contribution is -2.38. The lowest BCUT2D eigenvalue weighted by molar-refractivity contribution is -0.385. The molecule has 0 aliphatic heterocycles. The average molecular weight is 532 g/mol. The van der Waals surface area contributed by atoms with Gasteiger partial charge in [0.2, 0.25) is 0 Å². The Morgan fingerprint density at radius 1 is 1.10 bits per heavy atom. The Morgan fingerprint density at radius 3 is 2.34 bits per heavy atom. The van der Waals surface area contributed by atoms with Gasteiger partial charge in [-0.3, -0.25) is 10.1 Å². The molecule has 2 N–H and O–H groups in total. The van der Waals surface area contributed by atoms with Crippen LogP contribution in [0.25, 0.3) is 0 Å². The van der Waals surface area contributed by atoms with Crippen molar-refractivity contribution < 1.29 is 13.3 Å². The second-order valence-corrected chi connectivity index (χ2v) is 8.19. The zero-order valence-electron chi connectivity index (χ0n) is 16.3. The van der Waals surface area contributed by atoms with Gasteiger partial charge in [0.1, 0.15) is 0 Å². The number of nitro benzene ring substituents is 1. The molecule has 0 aliphatic rings. The molecule has 0 atom stereocenters. The Balaban J connectivity index is 0.00000420. The minimum absolute atomic E-state index is 0. The molecule has 0 saturated heterocycles. The Morgan fingerprint density at radius 2 is 1.76 bits per heavy atom. The maximum atomic E-state index is 11.5. The maximum Gasteiger partial charge on any atom is 0.274 e. The molecule has 0 heterocycles. The highest BCUT2D eigenvalue weighted by atomic mass is 127. The Hall–Kier alpha value is -2.21. The van der Waals surface area contributed by atoms with Gasteiger partial charge in [-0.25, -0.2) is 13.4 Å². The monoisotopic (exact) mass is 532 g/mol. The Labute approximate surface area is 187 Å². The summed E-state index contributed by atoms with van der Waals surface area (Å²) in [7, 11) is -3.20. The van der Waals surface area contributed by atoms with Gasteiger partial charge in [-0.15, -0.1) is 24.0 Å². The standard InChI is InChI=1S/C19H24N4O4S.HI/c1-3-20-19(22-14-16-6-4-5-7-18(16)23(24)25)21-13-12-15-8-10-17(11-9-15)28(2,26)27;/h4-11H,3,12-14H2,1-2H3,(H2,20,21,22);1H. The quantitative estimate of drug-likeness (QED) is 0.178. The van der Waals surface area contributed by atoms with E-state index in [1.165, 1.54) is 12.3 Å². The van der Waals surface area contributed by atoms with Crippen molar-refractivity contribution in [2.45, 2.75) is 24.8 Å². The summed E-state index contributed by atoms with van der Waals surface area (Å²) in [6.45, 7) is 3.37. The summed E-state index contributed by atoms with van der Waals surface area (Å²) < 4.78 is 23.0. The molecule has 2 aromatic carbocycles. The summed E-state index contributed by atoms with van der Waals surface area (Å²) in [5.41, 5.74) is 1.59. The van der Waals surface area contributed by atoms with Crippen molar-refractivity contribution in [3.8, 4) is 0 Å². The van der Waals surface area contributed by atoms with Crippen molar-refractivity contribution in [1.29, 1.82) is 0 Å². The van der Waals surface area contributed by atoms with E-state index >= 15 is 0 Å². The smallest absolute Gasteiger partial charge is 0.274 e. The van der Waals surface area contributed by atoms with Crippen LogP contribution in [-0.4, -0.2) is 38.6 Å². The number of hydrogen-bond donors (Lipinski definition) is 2. The van der Waals surface area contributed by atoms with Crippen LogP contribution in [0, 0.1) is 10.1 Å². The largest absolute Gasteiger partial charge is 0.357 e. The number of aliphatic imine (C=N–C) groups is 1. The molecule has 0 bridgehead atoms. The van der Waals surface area contributed by atoms with Crippen LogP contribution in [0.3, 0.4) is 0 Å². The lowest BCUT2D eigenvalue weighted by atomic mass is 10.1.